The monoisotopic (exact) mass is 352 g/mol. The zero-order chi connectivity index (χ0) is 18.0. The van der Waals surface area contributed by atoms with Gasteiger partial charge in [-0.2, -0.15) is 18.3 Å². The van der Waals surface area contributed by atoms with Crippen LogP contribution in [-0.4, -0.2) is 58.1 Å². The molecular weight excluding hydrogens is 337 g/mol. The Morgan fingerprint density at radius 1 is 1.36 bits per heavy atom. The maximum atomic E-state index is 12.8. The number of alkyl halides is 3. The lowest BCUT2D eigenvalue weighted by Crippen LogP contribution is -2.33. The van der Waals surface area contributed by atoms with Crippen molar-refractivity contribution in [2.24, 2.45) is 0 Å². The molecule has 0 spiro atoms. The van der Waals surface area contributed by atoms with Gasteiger partial charge in [-0.3, -0.25) is 14.5 Å². The quantitative estimate of drug-likeness (QED) is 0.774. The van der Waals surface area contributed by atoms with Crippen molar-refractivity contribution in [2.45, 2.75) is 19.1 Å². The normalized spacial score (nSPS) is 15.8. The molecule has 3 heterocycles. The first-order valence-electron chi connectivity index (χ1n) is 7.66. The van der Waals surface area contributed by atoms with Crippen molar-refractivity contribution in [1.29, 1.82) is 0 Å². The SMILES string of the molecule is C#Cc1nn(CC(F)(F)F)c2cc(C(=O)N3CCCOCC3)ncc12. The number of halogens is 3. The number of fused-ring (bicyclic) bond motifs is 1. The summed E-state index contributed by atoms with van der Waals surface area (Å²) in [5.74, 6) is 1.89. The van der Waals surface area contributed by atoms with Gasteiger partial charge >= 0.3 is 6.18 Å². The maximum absolute atomic E-state index is 12.8. The summed E-state index contributed by atoms with van der Waals surface area (Å²) >= 11 is 0. The number of pyridine rings is 1. The van der Waals surface area contributed by atoms with Gasteiger partial charge in [-0.05, 0) is 18.4 Å². The molecule has 0 bridgehead atoms. The first-order chi connectivity index (χ1) is 11.9. The van der Waals surface area contributed by atoms with Crippen molar-refractivity contribution in [2.75, 3.05) is 26.3 Å². The minimum absolute atomic E-state index is 0.0568. The Morgan fingerprint density at radius 2 is 2.16 bits per heavy atom. The molecule has 2 aromatic rings. The van der Waals surface area contributed by atoms with Gasteiger partial charge in [-0.1, -0.05) is 0 Å². The number of aromatic nitrogens is 3. The Hall–Kier alpha value is -2.60. The van der Waals surface area contributed by atoms with Crippen molar-refractivity contribution in [3.63, 3.8) is 0 Å². The van der Waals surface area contributed by atoms with Crippen LogP contribution in [0.5, 0.6) is 0 Å². The van der Waals surface area contributed by atoms with E-state index < -0.39 is 12.7 Å². The molecule has 1 amide bonds. The average molecular weight is 352 g/mol. The van der Waals surface area contributed by atoms with Crippen molar-refractivity contribution in [3.8, 4) is 12.3 Å². The van der Waals surface area contributed by atoms with Crippen molar-refractivity contribution >= 4 is 16.8 Å². The number of nitrogens with zero attached hydrogens (tertiary/aromatic N) is 4. The Kier molecular flexibility index (Phi) is 4.63. The highest BCUT2D eigenvalue weighted by Crippen LogP contribution is 2.24. The smallest absolute Gasteiger partial charge is 0.380 e. The van der Waals surface area contributed by atoms with Crippen LogP contribution in [0.4, 0.5) is 13.2 Å². The number of hydrogen-bond acceptors (Lipinski definition) is 4. The van der Waals surface area contributed by atoms with Crippen LogP contribution in [-0.2, 0) is 11.3 Å². The summed E-state index contributed by atoms with van der Waals surface area (Å²) in [6, 6.07) is 1.31. The highest BCUT2D eigenvalue weighted by atomic mass is 19.4. The molecule has 1 saturated heterocycles. The van der Waals surface area contributed by atoms with Gasteiger partial charge in [-0.15, -0.1) is 6.42 Å². The average Bonchev–Trinajstić information content (AvgIpc) is 2.75. The summed E-state index contributed by atoms with van der Waals surface area (Å²) in [5, 5.41) is 4.10. The van der Waals surface area contributed by atoms with E-state index in [9.17, 15) is 18.0 Å². The Bertz CT molecular complexity index is 830. The second kappa shape index (κ2) is 6.72. The van der Waals surface area contributed by atoms with E-state index in [1.54, 1.807) is 4.90 Å². The van der Waals surface area contributed by atoms with Crippen molar-refractivity contribution in [3.05, 3.63) is 23.7 Å². The van der Waals surface area contributed by atoms with Gasteiger partial charge in [0.05, 0.1) is 17.5 Å². The van der Waals surface area contributed by atoms with Crippen LogP contribution >= 0.6 is 0 Å². The molecule has 0 aromatic carbocycles. The second-order valence-corrected chi connectivity index (χ2v) is 5.61. The Balaban J connectivity index is 1.99. The summed E-state index contributed by atoms with van der Waals surface area (Å²) in [7, 11) is 0. The van der Waals surface area contributed by atoms with Crippen LogP contribution in [0.2, 0.25) is 0 Å². The number of rotatable bonds is 2. The largest absolute Gasteiger partial charge is 0.408 e. The summed E-state index contributed by atoms with van der Waals surface area (Å²) in [6.45, 7) is 0.619. The minimum atomic E-state index is -4.46. The summed E-state index contributed by atoms with van der Waals surface area (Å²) < 4.78 is 44.3. The lowest BCUT2D eigenvalue weighted by Gasteiger charge is -2.19. The predicted molar refractivity (Wildman–Crippen MR) is 82.9 cm³/mol. The molecule has 0 saturated carbocycles. The second-order valence-electron chi connectivity index (χ2n) is 5.61. The molecule has 0 atom stereocenters. The molecule has 0 radical (unpaired) electrons. The van der Waals surface area contributed by atoms with Gasteiger partial charge in [0, 0.05) is 25.9 Å². The topological polar surface area (TPSA) is 60.2 Å². The van der Waals surface area contributed by atoms with E-state index in [-0.39, 0.29) is 22.8 Å². The maximum Gasteiger partial charge on any atom is 0.408 e. The van der Waals surface area contributed by atoms with Crippen molar-refractivity contribution < 1.29 is 22.7 Å². The summed E-state index contributed by atoms with van der Waals surface area (Å²) in [4.78, 5) is 18.2. The summed E-state index contributed by atoms with van der Waals surface area (Å²) in [6.07, 6.45) is 2.84. The highest BCUT2D eigenvalue weighted by molar-refractivity contribution is 5.96. The van der Waals surface area contributed by atoms with Crippen LogP contribution in [0.25, 0.3) is 10.9 Å². The standard InChI is InChI=1S/C16H15F3N4O2/c1-2-12-11-9-20-13(15(24)22-4-3-6-25-7-5-22)8-14(11)23(21-12)10-16(17,18)19/h1,8-9H,3-7,10H2. The zero-order valence-electron chi connectivity index (χ0n) is 13.2. The minimum Gasteiger partial charge on any atom is -0.380 e. The molecule has 6 nitrogen and oxygen atoms in total. The lowest BCUT2D eigenvalue weighted by molar-refractivity contribution is -0.141. The van der Waals surface area contributed by atoms with Gasteiger partial charge in [0.25, 0.3) is 5.91 Å². The third-order valence-corrected chi connectivity index (χ3v) is 3.83. The number of ether oxygens (including phenoxy) is 1. The third-order valence-electron chi connectivity index (χ3n) is 3.83. The van der Waals surface area contributed by atoms with Crippen LogP contribution in [0.1, 0.15) is 22.6 Å². The molecule has 0 unspecified atom stereocenters. The number of hydrogen-bond donors (Lipinski definition) is 0. The Labute approximate surface area is 141 Å². The number of carbonyl (C=O) groups is 1. The predicted octanol–water partition coefficient (Wildman–Crippen LogP) is 1.84. The lowest BCUT2D eigenvalue weighted by atomic mass is 10.2. The zero-order valence-corrected chi connectivity index (χ0v) is 13.2. The molecule has 25 heavy (non-hydrogen) atoms. The van der Waals surface area contributed by atoms with E-state index in [2.05, 4.69) is 16.0 Å². The first-order valence-corrected chi connectivity index (χ1v) is 7.66. The molecule has 9 heteroatoms. The van der Waals surface area contributed by atoms with Crippen molar-refractivity contribution in [1.82, 2.24) is 19.7 Å². The first kappa shape index (κ1) is 17.2. The number of carbonyl (C=O) groups excluding carboxylic acids is 1. The molecule has 2 aromatic heterocycles. The Morgan fingerprint density at radius 3 is 2.88 bits per heavy atom. The molecule has 0 aliphatic carbocycles. The fourth-order valence-corrected chi connectivity index (χ4v) is 2.69. The van der Waals surface area contributed by atoms with E-state index >= 15 is 0 Å². The van der Waals surface area contributed by atoms with E-state index in [0.29, 0.717) is 38.1 Å². The fraction of sp³-hybridized carbons (Fsp3) is 0.438. The van der Waals surface area contributed by atoms with Gasteiger partial charge in [0.15, 0.2) is 0 Å². The molecular formula is C16H15F3N4O2. The summed E-state index contributed by atoms with van der Waals surface area (Å²) in [5.41, 5.74) is 0.255. The molecule has 1 aliphatic rings. The van der Waals surface area contributed by atoms with E-state index in [0.717, 1.165) is 4.68 Å². The van der Waals surface area contributed by atoms with E-state index in [1.165, 1.54) is 12.3 Å². The van der Waals surface area contributed by atoms with Crippen LogP contribution < -0.4 is 0 Å². The molecule has 1 fully saturated rings. The fourth-order valence-electron chi connectivity index (χ4n) is 2.69. The number of amides is 1. The van der Waals surface area contributed by atoms with Crippen LogP contribution in [0.15, 0.2) is 12.3 Å². The van der Waals surface area contributed by atoms with Crippen LogP contribution in [0.3, 0.4) is 0 Å². The third kappa shape index (κ3) is 3.74. The van der Waals surface area contributed by atoms with Gasteiger partial charge < -0.3 is 9.64 Å². The van der Waals surface area contributed by atoms with Gasteiger partial charge in [0.1, 0.15) is 17.9 Å². The van der Waals surface area contributed by atoms with E-state index in [4.69, 9.17) is 11.2 Å². The molecule has 3 rings (SSSR count). The molecule has 132 valence electrons. The number of terminal acetylenes is 1. The van der Waals surface area contributed by atoms with Crippen LogP contribution in [0, 0.1) is 12.3 Å². The highest BCUT2D eigenvalue weighted by Gasteiger charge is 2.30. The van der Waals surface area contributed by atoms with Gasteiger partial charge in [-0.25, -0.2) is 0 Å². The molecule has 0 N–H and O–H groups in total. The van der Waals surface area contributed by atoms with E-state index in [1.807, 2.05) is 0 Å². The van der Waals surface area contributed by atoms with Gasteiger partial charge in [0.2, 0.25) is 0 Å². The molecule has 1 aliphatic heterocycles.